The number of benzene rings is 1. The summed E-state index contributed by atoms with van der Waals surface area (Å²) in [5, 5.41) is 0. The molecule has 2 rings (SSSR count). The van der Waals surface area contributed by atoms with Gasteiger partial charge in [-0.15, -0.1) is 0 Å². The largest absolute Gasteiger partial charge is 0.383 e. The number of nitrogens with zero attached hydrogens (tertiary/aromatic N) is 2. The summed E-state index contributed by atoms with van der Waals surface area (Å²) in [6.07, 6.45) is 2.67. The summed E-state index contributed by atoms with van der Waals surface area (Å²) in [4.78, 5) is 8.91. The highest BCUT2D eigenvalue weighted by molar-refractivity contribution is 9.10. The first-order chi connectivity index (χ1) is 8.70. The van der Waals surface area contributed by atoms with Gasteiger partial charge >= 0.3 is 0 Å². The Bertz CT molecular complexity index is 526. The zero-order chi connectivity index (χ0) is 13.0. The van der Waals surface area contributed by atoms with Crippen molar-refractivity contribution in [1.29, 1.82) is 0 Å². The Labute approximate surface area is 116 Å². The molecule has 0 bridgehead atoms. The van der Waals surface area contributed by atoms with Crippen LogP contribution in [0.3, 0.4) is 0 Å². The molecule has 1 heterocycles. The molecule has 0 saturated heterocycles. The van der Waals surface area contributed by atoms with Crippen LogP contribution in [0.4, 0.5) is 5.82 Å². The quantitative estimate of drug-likeness (QED) is 0.942. The van der Waals surface area contributed by atoms with Crippen LogP contribution in [0.1, 0.15) is 30.4 Å². The van der Waals surface area contributed by atoms with Gasteiger partial charge in [-0.25, -0.2) is 9.97 Å². The average molecular weight is 306 g/mol. The summed E-state index contributed by atoms with van der Waals surface area (Å²) >= 11 is 3.45. The first-order valence-electron chi connectivity index (χ1n) is 6.05. The van der Waals surface area contributed by atoms with Gasteiger partial charge in [0, 0.05) is 6.42 Å². The Morgan fingerprint density at radius 2 is 1.89 bits per heavy atom. The number of hydrogen-bond acceptors (Lipinski definition) is 3. The number of aromatic nitrogens is 2. The fourth-order valence-corrected chi connectivity index (χ4v) is 2.20. The zero-order valence-corrected chi connectivity index (χ0v) is 11.9. The lowest BCUT2D eigenvalue weighted by molar-refractivity contribution is 0.837. The van der Waals surface area contributed by atoms with Crippen molar-refractivity contribution in [1.82, 2.24) is 9.97 Å². The Morgan fingerprint density at radius 3 is 2.56 bits per heavy atom. The van der Waals surface area contributed by atoms with Crippen LogP contribution in [0.25, 0.3) is 0 Å². The van der Waals surface area contributed by atoms with Crippen molar-refractivity contribution < 1.29 is 0 Å². The summed E-state index contributed by atoms with van der Waals surface area (Å²) in [6, 6.07) is 10.2. The van der Waals surface area contributed by atoms with Gasteiger partial charge in [-0.1, -0.05) is 43.7 Å². The maximum Gasteiger partial charge on any atom is 0.141 e. The lowest BCUT2D eigenvalue weighted by atomic mass is 10.1. The zero-order valence-electron chi connectivity index (χ0n) is 10.4. The van der Waals surface area contributed by atoms with E-state index in [0.29, 0.717) is 5.82 Å². The second-order valence-corrected chi connectivity index (χ2v) is 4.99. The van der Waals surface area contributed by atoms with E-state index in [1.54, 1.807) is 0 Å². The summed E-state index contributed by atoms with van der Waals surface area (Å²) in [6.45, 7) is 2.13. The Kier molecular flexibility index (Phi) is 4.31. The van der Waals surface area contributed by atoms with Gasteiger partial charge in [0.05, 0.1) is 10.2 Å². The van der Waals surface area contributed by atoms with Crippen LogP contribution in [0.5, 0.6) is 0 Å². The van der Waals surface area contributed by atoms with Gasteiger partial charge in [0.1, 0.15) is 11.6 Å². The molecule has 0 atom stereocenters. The third-order valence-corrected chi connectivity index (χ3v) is 3.55. The van der Waals surface area contributed by atoms with Crippen molar-refractivity contribution in [3.8, 4) is 0 Å². The second-order valence-electron chi connectivity index (χ2n) is 4.20. The van der Waals surface area contributed by atoms with Crippen molar-refractivity contribution in [2.24, 2.45) is 0 Å². The van der Waals surface area contributed by atoms with Crippen LogP contribution in [-0.4, -0.2) is 9.97 Å². The fraction of sp³-hybridized carbons (Fsp3) is 0.286. The highest BCUT2D eigenvalue weighted by atomic mass is 79.9. The molecule has 0 radical (unpaired) electrons. The van der Waals surface area contributed by atoms with Gasteiger partial charge in [0.15, 0.2) is 0 Å². The van der Waals surface area contributed by atoms with Crippen LogP contribution >= 0.6 is 15.9 Å². The second kappa shape index (κ2) is 5.96. The number of rotatable bonds is 4. The number of nitrogens with two attached hydrogens (primary N) is 1. The molecule has 1 aromatic carbocycles. The molecule has 18 heavy (non-hydrogen) atoms. The third kappa shape index (κ3) is 3.07. The predicted octanol–water partition coefficient (Wildman–Crippen LogP) is 3.36. The number of nitrogen functional groups attached to an aromatic ring is 1. The molecule has 0 aliphatic rings. The third-order valence-electron chi connectivity index (χ3n) is 2.68. The maximum atomic E-state index is 5.91. The van der Waals surface area contributed by atoms with Gasteiger partial charge in [-0.05, 0) is 27.9 Å². The lowest BCUT2D eigenvalue weighted by Gasteiger charge is -2.08. The molecule has 2 aromatic rings. The number of anilines is 1. The molecule has 0 aliphatic heterocycles. The number of halogens is 1. The lowest BCUT2D eigenvalue weighted by Crippen LogP contribution is -2.06. The minimum Gasteiger partial charge on any atom is -0.383 e. The van der Waals surface area contributed by atoms with Crippen molar-refractivity contribution in [2.45, 2.75) is 26.2 Å². The van der Waals surface area contributed by atoms with Gasteiger partial charge in [-0.2, -0.15) is 0 Å². The van der Waals surface area contributed by atoms with E-state index in [1.807, 2.05) is 18.2 Å². The van der Waals surface area contributed by atoms with E-state index in [9.17, 15) is 0 Å². The van der Waals surface area contributed by atoms with Gasteiger partial charge in [0.25, 0.3) is 0 Å². The molecule has 0 spiro atoms. The highest BCUT2D eigenvalue weighted by Crippen LogP contribution is 2.22. The predicted molar refractivity (Wildman–Crippen MR) is 77.4 cm³/mol. The van der Waals surface area contributed by atoms with Crippen LogP contribution in [-0.2, 0) is 12.8 Å². The Hall–Kier alpha value is -1.42. The fourth-order valence-electron chi connectivity index (χ4n) is 1.83. The molecule has 2 N–H and O–H groups in total. The van der Waals surface area contributed by atoms with Crippen molar-refractivity contribution in [2.75, 3.05) is 5.73 Å². The van der Waals surface area contributed by atoms with E-state index in [4.69, 9.17) is 5.73 Å². The summed E-state index contributed by atoms with van der Waals surface area (Å²) < 4.78 is 0.834. The molecule has 0 fully saturated rings. The summed E-state index contributed by atoms with van der Waals surface area (Å²) in [7, 11) is 0. The molecular weight excluding hydrogens is 290 g/mol. The van der Waals surface area contributed by atoms with Gasteiger partial charge in [-0.3, -0.25) is 0 Å². The average Bonchev–Trinajstić information content (AvgIpc) is 2.37. The monoisotopic (exact) mass is 305 g/mol. The molecule has 0 amide bonds. The molecule has 0 aliphatic carbocycles. The van der Waals surface area contributed by atoms with E-state index in [2.05, 4.69) is 45.0 Å². The molecule has 4 heteroatoms. The van der Waals surface area contributed by atoms with E-state index in [0.717, 1.165) is 35.3 Å². The van der Waals surface area contributed by atoms with Crippen LogP contribution < -0.4 is 5.73 Å². The van der Waals surface area contributed by atoms with Crippen LogP contribution in [0.15, 0.2) is 34.8 Å². The Morgan fingerprint density at radius 1 is 1.17 bits per heavy atom. The minimum absolute atomic E-state index is 0.527. The van der Waals surface area contributed by atoms with Crippen molar-refractivity contribution in [3.05, 3.63) is 51.9 Å². The Balaban J connectivity index is 2.28. The molecule has 3 nitrogen and oxygen atoms in total. The van der Waals surface area contributed by atoms with Crippen LogP contribution in [0, 0.1) is 0 Å². The smallest absolute Gasteiger partial charge is 0.141 e. The normalized spacial score (nSPS) is 10.6. The molecule has 94 valence electrons. The minimum atomic E-state index is 0.527. The van der Waals surface area contributed by atoms with Crippen LogP contribution in [0.2, 0.25) is 0 Å². The molecule has 1 aromatic heterocycles. The first kappa shape index (κ1) is 13.0. The highest BCUT2D eigenvalue weighted by Gasteiger charge is 2.09. The number of aryl methyl sites for hydroxylation is 1. The maximum absolute atomic E-state index is 5.91. The molecule has 0 saturated carbocycles. The van der Waals surface area contributed by atoms with Crippen molar-refractivity contribution in [3.63, 3.8) is 0 Å². The van der Waals surface area contributed by atoms with E-state index >= 15 is 0 Å². The van der Waals surface area contributed by atoms with Crippen molar-refractivity contribution >= 4 is 21.7 Å². The summed E-state index contributed by atoms with van der Waals surface area (Å²) in [5.41, 5.74) is 8.10. The van der Waals surface area contributed by atoms with E-state index in [1.165, 1.54) is 5.56 Å². The SMILES string of the molecule is CCCc1nc(Cc2ccccc2)nc(N)c1Br. The topological polar surface area (TPSA) is 51.8 Å². The summed E-state index contributed by atoms with van der Waals surface area (Å²) in [5.74, 6) is 1.31. The molecular formula is C14H16BrN3. The van der Waals surface area contributed by atoms with Gasteiger partial charge < -0.3 is 5.73 Å². The first-order valence-corrected chi connectivity index (χ1v) is 6.84. The van der Waals surface area contributed by atoms with Gasteiger partial charge in [0.2, 0.25) is 0 Å². The van der Waals surface area contributed by atoms with E-state index in [-0.39, 0.29) is 0 Å². The van der Waals surface area contributed by atoms with E-state index < -0.39 is 0 Å². The number of hydrogen-bond donors (Lipinski definition) is 1. The standard InChI is InChI=1S/C14H16BrN3/c1-2-6-11-13(15)14(16)18-12(17-11)9-10-7-4-3-5-8-10/h3-5,7-8H,2,6,9H2,1H3,(H2,16,17,18). The molecule has 0 unspecified atom stereocenters.